The normalized spacial score (nSPS) is 15.0. The summed E-state index contributed by atoms with van der Waals surface area (Å²) in [5.74, 6) is 1.03. The van der Waals surface area contributed by atoms with E-state index >= 15 is 0 Å². The largest absolute Gasteiger partial charge is 0.492 e. The molecule has 2 aromatic rings. The van der Waals surface area contributed by atoms with E-state index in [1.807, 2.05) is 43.3 Å². The van der Waals surface area contributed by atoms with E-state index in [2.05, 4.69) is 38.4 Å². The van der Waals surface area contributed by atoms with Crippen molar-refractivity contribution >= 4 is 60.8 Å². The van der Waals surface area contributed by atoms with E-state index in [9.17, 15) is 9.59 Å². The number of nitrogens with zero attached hydrogens (tertiary/aromatic N) is 1. The van der Waals surface area contributed by atoms with Gasteiger partial charge in [-0.25, -0.2) is 0 Å². The number of imide groups is 1. The van der Waals surface area contributed by atoms with Crippen LogP contribution in [0, 0.1) is 6.92 Å². The molecule has 0 N–H and O–H groups in total. The average Bonchev–Trinajstić information content (AvgIpc) is 2.96. The van der Waals surface area contributed by atoms with Gasteiger partial charge in [0.2, 0.25) is 0 Å². The van der Waals surface area contributed by atoms with Crippen LogP contribution in [0.2, 0.25) is 0 Å². The molecule has 2 aromatic carbocycles. The van der Waals surface area contributed by atoms with E-state index in [1.165, 1.54) is 4.90 Å². The Labute approximate surface area is 196 Å². The molecule has 0 bridgehead atoms. The van der Waals surface area contributed by atoms with Gasteiger partial charge in [0, 0.05) is 0 Å². The first-order chi connectivity index (χ1) is 14.4. The molecule has 0 unspecified atom stereocenters. The van der Waals surface area contributed by atoms with Crippen molar-refractivity contribution < 1.29 is 19.1 Å². The lowest BCUT2D eigenvalue weighted by molar-refractivity contribution is -0.123. The van der Waals surface area contributed by atoms with Crippen molar-refractivity contribution in [1.82, 2.24) is 4.90 Å². The third kappa shape index (κ3) is 5.56. The zero-order valence-electron chi connectivity index (χ0n) is 16.2. The van der Waals surface area contributed by atoms with Crippen LogP contribution in [0.25, 0.3) is 6.08 Å². The molecule has 8 heteroatoms. The van der Waals surface area contributed by atoms with Crippen molar-refractivity contribution in [2.75, 3.05) is 19.8 Å². The molecule has 2 amide bonds. The van der Waals surface area contributed by atoms with Crippen molar-refractivity contribution in [2.24, 2.45) is 0 Å². The molecule has 30 heavy (non-hydrogen) atoms. The molecule has 1 aliphatic heterocycles. The first-order valence-electron chi connectivity index (χ1n) is 9.06. The fourth-order valence-corrected chi connectivity index (χ4v) is 4.99. The molecule has 5 nitrogen and oxygen atoms in total. The molecule has 0 spiro atoms. The number of amides is 2. The lowest BCUT2D eigenvalue weighted by atomic mass is 10.2. The number of thioether (sulfide) groups is 1. The van der Waals surface area contributed by atoms with Gasteiger partial charge < -0.3 is 9.47 Å². The minimum atomic E-state index is -0.322. The minimum Gasteiger partial charge on any atom is -0.492 e. The quantitative estimate of drug-likeness (QED) is 0.288. The molecule has 0 saturated carbocycles. The van der Waals surface area contributed by atoms with E-state index in [-0.39, 0.29) is 24.3 Å². The number of rotatable bonds is 8. The van der Waals surface area contributed by atoms with Crippen LogP contribution in [0.1, 0.15) is 11.1 Å². The van der Waals surface area contributed by atoms with Crippen molar-refractivity contribution in [1.29, 1.82) is 0 Å². The van der Waals surface area contributed by atoms with Gasteiger partial charge in [-0.05, 0) is 86.5 Å². The topological polar surface area (TPSA) is 55.8 Å². The third-order valence-electron chi connectivity index (χ3n) is 4.14. The smallest absolute Gasteiger partial charge is 0.293 e. The van der Waals surface area contributed by atoms with Gasteiger partial charge in [0.15, 0.2) is 0 Å². The number of benzene rings is 2. The summed E-state index contributed by atoms with van der Waals surface area (Å²) < 4.78 is 12.7. The summed E-state index contributed by atoms with van der Waals surface area (Å²) in [7, 11) is 0. The number of carbonyl (C=O) groups is 2. The lowest BCUT2D eigenvalue weighted by Gasteiger charge is -2.13. The highest BCUT2D eigenvalue weighted by atomic mass is 79.9. The number of aryl methyl sites for hydroxylation is 1. The van der Waals surface area contributed by atoms with Crippen molar-refractivity contribution in [3.63, 3.8) is 0 Å². The van der Waals surface area contributed by atoms with Crippen molar-refractivity contribution in [3.8, 4) is 11.5 Å². The molecule has 0 aromatic heterocycles. The third-order valence-corrected chi connectivity index (χ3v) is 6.23. The highest BCUT2D eigenvalue weighted by molar-refractivity contribution is 9.11. The van der Waals surface area contributed by atoms with Crippen molar-refractivity contribution in [3.05, 3.63) is 74.0 Å². The first-order valence-corrected chi connectivity index (χ1v) is 11.5. The summed E-state index contributed by atoms with van der Waals surface area (Å²) in [4.78, 5) is 26.6. The van der Waals surface area contributed by atoms with Crippen LogP contribution in [0.5, 0.6) is 11.5 Å². The fraction of sp³-hybridized carbons (Fsp3) is 0.182. The van der Waals surface area contributed by atoms with Gasteiger partial charge in [-0.15, -0.1) is 0 Å². The predicted molar refractivity (Wildman–Crippen MR) is 127 cm³/mol. The van der Waals surface area contributed by atoms with Crippen LogP contribution in [0.4, 0.5) is 4.79 Å². The average molecular weight is 553 g/mol. The van der Waals surface area contributed by atoms with Gasteiger partial charge in [0.1, 0.15) is 24.7 Å². The Morgan fingerprint density at radius 2 is 1.77 bits per heavy atom. The first kappa shape index (κ1) is 22.7. The summed E-state index contributed by atoms with van der Waals surface area (Å²) in [6.45, 7) is 6.43. The molecule has 1 fully saturated rings. The van der Waals surface area contributed by atoms with Gasteiger partial charge in [-0.3, -0.25) is 14.5 Å². The number of carbonyl (C=O) groups excluding carboxylic acids is 2. The highest BCUT2D eigenvalue weighted by Crippen LogP contribution is 2.37. The zero-order valence-corrected chi connectivity index (χ0v) is 20.2. The van der Waals surface area contributed by atoms with E-state index in [4.69, 9.17) is 9.47 Å². The monoisotopic (exact) mass is 551 g/mol. The van der Waals surface area contributed by atoms with Gasteiger partial charge >= 0.3 is 0 Å². The molecule has 0 aliphatic carbocycles. The van der Waals surface area contributed by atoms with Gasteiger partial charge in [-0.2, -0.15) is 0 Å². The number of hydrogen-bond donors (Lipinski definition) is 0. The number of hydrogen-bond acceptors (Lipinski definition) is 5. The standard InChI is InChI=1S/C22H19Br2NO4S/c1-3-9-29-20-17(23)11-15(12-18(20)24)13-19-21(26)25(22(27)30-19)8-10-28-16-6-4-14(2)5-7-16/h3-7,11-13H,1,8-10H2,2H3/b19-13-. The Morgan fingerprint density at radius 1 is 1.10 bits per heavy atom. The molecule has 0 atom stereocenters. The zero-order chi connectivity index (χ0) is 21.7. The maximum Gasteiger partial charge on any atom is 0.293 e. The van der Waals surface area contributed by atoms with E-state index in [0.29, 0.717) is 23.0 Å². The number of ether oxygens (including phenoxy) is 2. The summed E-state index contributed by atoms with van der Waals surface area (Å²) >= 11 is 7.87. The fourth-order valence-electron chi connectivity index (χ4n) is 2.68. The Morgan fingerprint density at radius 3 is 2.40 bits per heavy atom. The van der Waals surface area contributed by atoms with Crippen LogP contribution in [0.3, 0.4) is 0 Å². The molecular weight excluding hydrogens is 534 g/mol. The second-order valence-electron chi connectivity index (χ2n) is 6.41. The maximum absolute atomic E-state index is 12.7. The van der Waals surface area contributed by atoms with Gasteiger partial charge in [-0.1, -0.05) is 30.4 Å². The summed E-state index contributed by atoms with van der Waals surface area (Å²) in [5.41, 5.74) is 1.90. The second kappa shape index (κ2) is 10.3. The summed E-state index contributed by atoms with van der Waals surface area (Å²) in [6.07, 6.45) is 3.35. The number of halogens is 2. The van der Waals surface area contributed by atoms with Crippen LogP contribution in [-0.2, 0) is 4.79 Å². The summed E-state index contributed by atoms with van der Waals surface area (Å²) in [6, 6.07) is 11.3. The van der Waals surface area contributed by atoms with E-state index < -0.39 is 0 Å². The SMILES string of the molecule is C=CCOc1c(Br)cc(/C=C2\SC(=O)N(CCOc3ccc(C)cc3)C2=O)cc1Br. The molecule has 0 radical (unpaired) electrons. The molecule has 3 rings (SSSR count). The molecular formula is C22H19Br2NO4S. The maximum atomic E-state index is 12.7. The van der Waals surface area contributed by atoms with E-state index in [1.54, 1.807) is 12.2 Å². The van der Waals surface area contributed by atoms with Crippen LogP contribution < -0.4 is 9.47 Å². The molecule has 1 saturated heterocycles. The van der Waals surface area contributed by atoms with Crippen LogP contribution >= 0.6 is 43.6 Å². The minimum absolute atomic E-state index is 0.192. The second-order valence-corrected chi connectivity index (χ2v) is 9.11. The molecule has 1 heterocycles. The molecule has 156 valence electrons. The Bertz CT molecular complexity index is 982. The van der Waals surface area contributed by atoms with Gasteiger partial charge in [0.25, 0.3) is 11.1 Å². The lowest BCUT2D eigenvalue weighted by Crippen LogP contribution is -2.32. The Kier molecular flexibility index (Phi) is 7.80. The molecule has 1 aliphatic rings. The highest BCUT2D eigenvalue weighted by Gasteiger charge is 2.34. The predicted octanol–water partition coefficient (Wildman–Crippen LogP) is 6.20. The van der Waals surface area contributed by atoms with Crippen LogP contribution in [0.15, 0.2) is 62.9 Å². The Hall–Kier alpha value is -2.03. The van der Waals surface area contributed by atoms with Crippen LogP contribution in [-0.4, -0.2) is 35.8 Å². The van der Waals surface area contributed by atoms with Crippen molar-refractivity contribution in [2.45, 2.75) is 6.92 Å². The summed E-state index contributed by atoms with van der Waals surface area (Å²) in [5, 5.41) is -0.303. The van der Waals surface area contributed by atoms with Gasteiger partial charge in [0.05, 0.1) is 20.4 Å². The Balaban J connectivity index is 1.67. The van der Waals surface area contributed by atoms with E-state index in [0.717, 1.165) is 31.8 Å².